The Balaban J connectivity index is 2.21. The Labute approximate surface area is 129 Å². The summed E-state index contributed by atoms with van der Waals surface area (Å²) >= 11 is 1.53. The molecule has 0 spiro atoms. The normalized spacial score (nSPS) is 30.3. The van der Waals surface area contributed by atoms with Gasteiger partial charge in [-0.25, -0.2) is 8.42 Å². The molecule has 1 saturated heterocycles. The summed E-state index contributed by atoms with van der Waals surface area (Å²) in [4.78, 5) is 25.3. The Hall–Kier alpha value is -0.760. The number of hydrogen-bond acceptors (Lipinski definition) is 5. The lowest BCUT2D eigenvalue weighted by molar-refractivity contribution is -0.149. The molecule has 2 rings (SSSR count). The van der Waals surface area contributed by atoms with Crippen LogP contribution in [0, 0.1) is 11.8 Å². The quantitative estimate of drug-likeness (QED) is 0.818. The standard InChI is InChI=1S/C13H21NO5S2/c1-2-21(18,19)11-8-20-7-6-14(11)12(15)9-4-3-5-10(9)13(16)17/h9-11H,2-8H2,1H3,(H,16,17)/t9-,10+,11?/m1/s1. The van der Waals surface area contributed by atoms with Crippen molar-refractivity contribution in [1.82, 2.24) is 4.90 Å². The van der Waals surface area contributed by atoms with Crippen LogP contribution in [0.1, 0.15) is 26.2 Å². The molecule has 0 bridgehead atoms. The van der Waals surface area contributed by atoms with E-state index < -0.39 is 33.0 Å². The van der Waals surface area contributed by atoms with Crippen LogP contribution in [-0.2, 0) is 19.4 Å². The van der Waals surface area contributed by atoms with Crippen molar-refractivity contribution >= 4 is 33.5 Å². The summed E-state index contributed by atoms with van der Waals surface area (Å²) in [6, 6.07) is 0. The van der Waals surface area contributed by atoms with Crippen molar-refractivity contribution in [3.8, 4) is 0 Å². The molecule has 8 heteroatoms. The Bertz CT molecular complexity index is 519. The number of carbonyl (C=O) groups is 2. The summed E-state index contributed by atoms with van der Waals surface area (Å²) in [5.74, 6) is -1.40. The highest BCUT2D eigenvalue weighted by Crippen LogP contribution is 2.35. The monoisotopic (exact) mass is 335 g/mol. The number of aliphatic carboxylic acids is 1. The summed E-state index contributed by atoms with van der Waals surface area (Å²) in [6.07, 6.45) is 1.75. The maximum absolute atomic E-state index is 12.7. The van der Waals surface area contributed by atoms with Crippen LogP contribution in [0.3, 0.4) is 0 Å². The molecule has 0 aromatic carbocycles. The Morgan fingerprint density at radius 2 is 1.95 bits per heavy atom. The first-order valence-corrected chi connectivity index (χ1v) is 10.1. The van der Waals surface area contributed by atoms with Gasteiger partial charge in [0, 0.05) is 23.8 Å². The second kappa shape index (κ2) is 6.56. The van der Waals surface area contributed by atoms with Crippen LogP contribution in [-0.4, -0.2) is 59.5 Å². The van der Waals surface area contributed by atoms with Gasteiger partial charge in [0.25, 0.3) is 0 Å². The number of carbonyl (C=O) groups excluding carboxylic acids is 1. The van der Waals surface area contributed by atoms with E-state index in [0.29, 0.717) is 37.3 Å². The van der Waals surface area contributed by atoms with Crippen molar-refractivity contribution in [2.45, 2.75) is 31.6 Å². The minimum absolute atomic E-state index is 0.00493. The largest absolute Gasteiger partial charge is 0.481 e. The van der Waals surface area contributed by atoms with E-state index in [0.717, 1.165) is 0 Å². The third-order valence-corrected chi connectivity index (χ3v) is 7.62. The fourth-order valence-corrected chi connectivity index (χ4v) is 6.06. The van der Waals surface area contributed by atoms with Crippen LogP contribution >= 0.6 is 11.8 Å². The highest BCUT2D eigenvalue weighted by Gasteiger charge is 2.44. The lowest BCUT2D eigenvalue weighted by atomic mass is 9.94. The predicted octanol–water partition coefficient (Wildman–Crippen LogP) is 0.823. The molecular weight excluding hydrogens is 314 g/mol. The zero-order valence-corrected chi connectivity index (χ0v) is 13.7. The molecule has 1 saturated carbocycles. The summed E-state index contributed by atoms with van der Waals surface area (Å²) in [5, 5.41) is 8.41. The molecule has 0 aromatic heterocycles. The molecule has 1 aliphatic carbocycles. The van der Waals surface area contributed by atoms with Gasteiger partial charge in [0.15, 0.2) is 9.84 Å². The van der Waals surface area contributed by atoms with Crippen LogP contribution in [0.2, 0.25) is 0 Å². The number of thioether (sulfide) groups is 1. The van der Waals surface area contributed by atoms with Gasteiger partial charge in [-0.15, -0.1) is 0 Å². The molecular formula is C13H21NO5S2. The second-order valence-electron chi connectivity index (χ2n) is 5.49. The number of nitrogens with zero attached hydrogens (tertiary/aromatic N) is 1. The highest BCUT2D eigenvalue weighted by molar-refractivity contribution is 8.01. The Kier molecular flexibility index (Phi) is 5.19. The SMILES string of the molecule is CCS(=O)(=O)C1CSCCN1C(=O)[C@@H]1CCC[C@@H]1C(=O)O. The minimum atomic E-state index is -3.35. The van der Waals surface area contributed by atoms with E-state index in [1.54, 1.807) is 6.92 Å². The first kappa shape index (κ1) is 16.6. The molecule has 0 aromatic rings. The number of carboxylic acids is 1. The van der Waals surface area contributed by atoms with Crippen molar-refractivity contribution in [3.05, 3.63) is 0 Å². The molecule has 6 nitrogen and oxygen atoms in total. The molecule has 21 heavy (non-hydrogen) atoms. The average Bonchev–Trinajstić information content (AvgIpc) is 2.96. The Morgan fingerprint density at radius 3 is 2.57 bits per heavy atom. The zero-order chi connectivity index (χ0) is 15.6. The van der Waals surface area contributed by atoms with Crippen molar-refractivity contribution in [2.24, 2.45) is 11.8 Å². The fraction of sp³-hybridized carbons (Fsp3) is 0.846. The van der Waals surface area contributed by atoms with Gasteiger partial charge in [-0.3, -0.25) is 9.59 Å². The molecule has 2 aliphatic rings. The van der Waals surface area contributed by atoms with Gasteiger partial charge in [-0.1, -0.05) is 13.3 Å². The molecule has 3 atom stereocenters. The summed E-state index contributed by atoms with van der Waals surface area (Å²) in [7, 11) is -3.35. The van der Waals surface area contributed by atoms with Gasteiger partial charge in [-0.05, 0) is 12.8 Å². The topological polar surface area (TPSA) is 91.8 Å². The van der Waals surface area contributed by atoms with Crippen LogP contribution in [0.5, 0.6) is 0 Å². The lowest BCUT2D eigenvalue weighted by Crippen LogP contribution is -2.53. The lowest BCUT2D eigenvalue weighted by Gasteiger charge is -2.36. The van der Waals surface area contributed by atoms with Gasteiger partial charge in [0.05, 0.1) is 11.8 Å². The molecule has 1 unspecified atom stereocenters. The number of carboxylic acid groups (broad SMARTS) is 1. The van der Waals surface area contributed by atoms with Gasteiger partial charge in [-0.2, -0.15) is 11.8 Å². The maximum Gasteiger partial charge on any atom is 0.307 e. The Morgan fingerprint density at radius 1 is 1.29 bits per heavy atom. The van der Waals surface area contributed by atoms with Crippen LogP contribution in [0.25, 0.3) is 0 Å². The number of hydrogen-bond donors (Lipinski definition) is 1. The molecule has 1 amide bonds. The van der Waals surface area contributed by atoms with Gasteiger partial charge in [0.2, 0.25) is 5.91 Å². The first-order chi connectivity index (χ1) is 9.88. The smallest absolute Gasteiger partial charge is 0.307 e. The number of amides is 1. The van der Waals surface area contributed by atoms with Crippen molar-refractivity contribution in [3.63, 3.8) is 0 Å². The van der Waals surface area contributed by atoms with E-state index in [1.807, 2.05) is 0 Å². The molecule has 2 fully saturated rings. The number of sulfone groups is 1. The molecule has 1 heterocycles. The van der Waals surface area contributed by atoms with E-state index in [-0.39, 0.29) is 11.7 Å². The minimum Gasteiger partial charge on any atom is -0.481 e. The van der Waals surface area contributed by atoms with E-state index >= 15 is 0 Å². The molecule has 1 N–H and O–H groups in total. The van der Waals surface area contributed by atoms with Crippen molar-refractivity contribution in [2.75, 3.05) is 23.8 Å². The van der Waals surface area contributed by atoms with Crippen molar-refractivity contribution < 1.29 is 23.1 Å². The van der Waals surface area contributed by atoms with E-state index in [1.165, 1.54) is 16.7 Å². The first-order valence-electron chi connectivity index (χ1n) is 7.21. The van der Waals surface area contributed by atoms with Crippen LogP contribution in [0.15, 0.2) is 0 Å². The fourth-order valence-electron chi connectivity index (χ4n) is 3.09. The third-order valence-electron chi connectivity index (χ3n) is 4.33. The molecule has 1 aliphatic heterocycles. The average molecular weight is 335 g/mol. The van der Waals surface area contributed by atoms with Crippen LogP contribution in [0.4, 0.5) is 0 Å². The summed E-state index contributed by atoms with van der Waals surface area (Å²) in [6.45, 7) is 1.96. The zero-order valence-electron chi connectivity index (χ0n) is 12.0. The molecule has 120 valence electrons. The highest BCUT2D eigenvalue weighted by atomic mass is 32.2. The van der Waals surface area contributed by atoms with Gasteiger partial charge in [0.1, 0.15) is 5.37 Å². The van der Waals surface area contributed by atoms with Crippen molar-refractivity contribution in [1.29, 1.82) is 0 Å². The van der Waals surface area contributed by atoms with E-state index in [4.69, 9.17) is 0 Å². The van der Waals surface area contributed by atoms with Gasteiger partial charge >= 0.3 is 5.97 Å². The summed E-state index contributed by atoms with van der Waals surface area (Å²) < 4.78 is 24.4. The summed E-state index contributed by atoms with van der Waals surface area (Å²) in [5.41, 5.74) is 0. The van der Waals surface area contributed by atoms with Gasteiger partial charge < -0.3 is 10.0 Å². The second-order valence-corrected chi connectivity index (χ2v) is 9.09. The van der Waals surface area contributed by atoms with E-state index in [2.05, 4.69) is 0 Å². The molecule has 0 radical (unpaired) electrons. The predicted molar refractivity (Wildman–Crippen MR) is 80.8 cm³/mol. The van der Waals surface area contributed by atoms with E-state index in [9.17, 15) is 23.1 Å². The third kappa shape index (κ3) is 3.36. The number of rotatable bonds is 4. The maximum atomic E-state index is 12.7. The van der Waals surface area contributed by atoms with Crippen LogP contribution < -0.4 is 0 Å².